The van der Waals surface area contributed by atoms with Crippen LogP contribution in [0.15, 0.2) is 67.3 Å². The van der Waals surface area contributed by atoms with Crippen molar-refractivity contribution in [1.82, 2.24) is 19.4 Å². The Kier molecular flexibility index (Phi) is 5.12. The Hall–Kier alpha value is -2.46. The van der Waals surface area contributed by atoms with Gasteiger partial charge in [-0.15, -0.1) is 0 Å². The second-order valence-electron chi connectivity index (χ2n) is 7.19. The molecule has 1 saturated heterocycles. The first-order valence-corrected chi connectivity index (χ1v) is 9.50. The molecule has 134 valence electrons. The molecule has 0 saturated carbocycles. The smallest absolute Gasteiger partial charge is 0.116 e. The molecule has 0 unspecified atom stereocenters. The summed E-state index contributed by atoms with van der Waals surface area (Å²) in [5, 5.41) is 0. The van der Waals surface area contributed by atoms with Crippen LogP contribution in [0, 0.1) is 0 Å². The second-order valence-corrected chi connectivity index (χ2v) is 7.19. The molecule has 3 aromatic rings. The normalized spacial score (nSPS) is 17.3. The number of hydrogen-bond acceptors (Lipinski definition) is 3. The van der Waals surface area contributed by atoms with Crippen molar-refractivity contribution >= 4 is 0 Å². The summed E-state index contributed by atoms with van der Waals surface area (Å²) < 4.78 is 2.42. The van der Waals surface area contributed by atoms with E-state index in [1.807, 2.05) is 24.7 Å². The summed E-state index contributed by atoms with van der Waals surface area (Å²) in [6, 6.07) is 15.4. The molecule has 3 heterocycles. The molecule has 1 aliphatic rings. The van der Waals surface area contributed by atoms with Crippen LogP contribution >= 0.6 is 0 Å². The first-order chi connectivity index (χ1) is 12.8. The van der Waals surface area contributed by atoms with Gasteiger partial charge in [-0.2, -0.15) is 0 Å². The van der Waals surface area contributed by atoms with E-state index in [0.29, 0.717) is 12.0 Å². The van der Waals surface area contributed by atoms with E-state index in [1.54, 1.807) is 0 Å². The van der Waals surface area contributed by atoms with Gasteiger partial charge in [-0.25, -0.2) is 4.98 Å². The summed E-state index contributed by atoms with van der Waals surface area (Å²) in [5.74, 6) is 1.50. The van der Waals surface area contributed by atoms with Gasteiger partial charge in [0.2, 0.25) is 0 Å². The van der Waals surface area contributed by atoms with Crippen LogP contribution in [-0.4, -0.2) is 32.5 Å². The van der Waals surface area contributed by atoms with E-state index < -0.39 is 0 Å². The Bertz CT molecular complexity index is 804. The monoisotopic (exact) mass is 346 g/mol. The van der Waals surface area contributed by atoms with Gasteiger partial charge < -0.3 is 4.57 Å². The molecule has 0 amide bonds. The average Bonchev–Trinajstić information content (AvgIpc) is 3.19. The fourth-order valence-corrected chi connectivity index (χ4v) is 3.96. The molecule has 0 radical (unpaired) electrons. The third kappa shape index (κ3) is 3.70. The van der Waals surface area contributed by atoms with Crippen LogP contribution in [0.5, 0.6) is 0 Å². The van der Waals surface area contributed by atoms with Crippen molar-refractivity contribution in [1.29, 1.82) is 0 Å². The van der Waals surface area contributed by atoms with Crippen LogP contribution < -0.4 is 0 Å². The fraction of sp³-hybridized carbons (Fsp3) is 0.364. The van der Waals surface area contributed by atoms with Crippen molar-refractivity contribution in [2.75, 3.05) is 13.1 Å². The number of benzene rings is 1. The summed E-state index contributed by atoms with van der Waals surface area (Å²) in [6.07, 6.45) is 10.3. The standard InChI is InChI=1S/C22H26N4/c1-18(20-7-3-2-4-8-20)22-24-12-15-26(22)21-9-13-25(14-10-21)17-19-6-5-11-23-16-19/h2-8,11-12,15-16,18,21H,9-10,13-14,17H2,1H3/t18-/m1/s1. The van der Waals surface area contributed by atoms with Crippen LogP contribution in [0.2, 0.25) is 0 Å². The van der Waals surface area contributed by atoms with Gasteiger partial charge in [0.25, 0.3) is 0 Å². The maximum absolute atomic E-state index is 4.70. The highest BCUT2D eigenvalue weighted by Gasteiger charge is 2.24. The molecule has 1 aliphatic heterocycles. The summed E-state index contributed by atoms with van der Waals surface area (Å²) in [4.78, 5) is 11.5. The maximum Gasteiger partial charge on any atom is 0.116 e. The fourth-order valence-electron chi connectivity index (χ4n) is 3.96. The molecule has 2 aromatic heterocycles. The molecule has 0 spiro atoms. The zero-order chi connectivity index (χ0) is 17.8. The van der Waals surface area contributed by atoms with Crippen molar-refractivity contribution in [3.63, 3.8) is 0 Å². The van der Waals surface area contributed by atoms with E-state index >= 15 is 0 Å². The van der Waals surface area contributed by atoms with Gasteiger partial charge in [-0.3, -0.25) is 9.88 Å². The van der Waals surface area contributed by atoms with E-state index in [2.05, 4.69) is 64.0 Å². The first kappa shape index (κ1) is 17.0. The summed E-state index contributed by atoms with van der Waals surface area (Å²) >= 11 is 0. The quantitative estimate of drug-likeness (QED) is 0.692. The predicted octanol–water partition coefficient (Wildman–Crippen LogP) is 4.27. The topological polar surface area (TPSA) is 34.0 Å². The lowest BCUT2D eigenvalue weighted by atomic mass is 9.98. The van der Waals surface area contributed by atoms with Gasteiger partial charge in [-0.1, -0.05) is 43.3 Å². The third-order valence-corrected chi connectivity index (χ3v) is 5.46. The summed E-state index contributed by atoms with van der Waals surface area (Å²) in [7, 11) is 0. The van der Waals surface area contributed by atoms with E-state index in [-0.39, 0.29) is 0 Å². The van der Waals surface area contributed by atoms with E-state index in [1.165, 1.54) is 29.8 Å². The lowest BCUT2D eigenvalue weighted by molar-refractivity contribution is 0.177. The molecule has 1 atom stereocenters. The first-order valence-electron chi connectivity index (χ1n) is 9.50. The Labute approximate surface area is 155 Å². The SMILES string of the molecule is C[C@H](c1ccccc1)c1nccn1C1CCN(Cc2cccnc2)CC1. The van der Waals surface area contributed by atoms with Crippen LogP contribution in [-0.2, 0) is 6.54 Å². The maximum atomic E-state index is 4.70. The van der Waals surface area contributed by atoms with Gasteiger partial charge >= 0.3 is 0 Å². The number of piperidine rings is 1. The van der Waals surface area contributed by atoms with Gasteiger partial charge in [-0.05, 0) is 30.0 Å². The van der Waals surface area contributed by atoms with Crippen molar-refractivity contribution in [2.24, 2.45) is 0 Å². The van der Waals surface area contributed by atoms with Crippen LogP contribution in [0.4, 0.5) is 0 Å². The molecular weight excluding hydrogens is 320 g/mol. The molecule has 1 aromatic carbocycles. The van der Waals surface area contributed by atoms with E-state index in [0.717, 1.165) is 19.6 Å². The highest BCUT2D eigenvalue weighted by atomic mass is 15.2. The highest BCUT2D eigenvalue weighted by Crippen LogP contribution is 2.29. The third-order valence-electron chi connectivity index (χ3n) is 5.46. The average molecular weight is 346 g/mol. The lowest BCUT2D eigenvalue weighted by Crippen LogP contribution is -2.34. The Morgan fingerprint density at radius 1 is 1.04 bits per heavy atom. The van der Waals surface area contributed by atoms with E-state index in [9.17, 15) is 0 Å². The van der Waals surface area contributed by atoms with Crippen molar-refractivity contribution in [2.45, 2.75) is 38.3 Å². The van der Waals surface area contributed by atoms with Crippen LogP contribution in [0.3, 0.4) is 0 Å². The molecule has 1 fully saturated rings. The Morgan fingerprint density at radius 3 is 2.58 bits per heavy atom. The van der Waals surface area contributed by atoms with Crippen molar-refractivity contribution in [3.8, 4) is 0 Å². The van der Waals surface area contributed by atoms with Crippen LogP contribution in [0.1, 0.15) is 48.7 Å². The molecule has 4 nitrogen and oxygen atoms in total. The molecule has 0 bridgehead atoms. The molecule has 0 aliphatic carbocycles. The van der Waals surface area contributed by atoms with Crippen molar-refractivity contribution in [3.05, 3.63) is 84.2 Å². The zero-order valence-corrected chi connectivity index (χ0v) is 15.3. The summed E-state index contributed by atoms with van der Waals surface area (Å²) in [5.41, 5.74) is 2.63. The van der Waals surface area contributed by atoms with E-state index in [4.69, 9.17) is 4.98 Å². The molecule has 26 heavy (non-hydrogen) atoms. The van der Waals surface area contributed by atoms with Gasteiger partial charge in [0.1, 0.15) is 5.82 Å². The minimum absolute atomic E-state index is 0.319. The Balaban J connectivity index is 1.42. The Morgan fingerprint density at radius 2 is 1.85 bits per heavy atom. The number of aromatic nitrogens is 3. The number of hydrogen-bond donors (Lipinski definition) is 0. The number of pyridine rings is 1. The molecular formula is C22H26N4. The highest BCUT2D eigenvalue weighted by molar-refractivity contribution is 5.25. The van der Waals surface area contributed by atoms with Gasteiger partial charge in [0.05, 0.1) is 0 Å². The number of likely N-dealkylation sites (tertiary alicyclic amines) is 1. The lowest BCUT2D eigenvalue weighted by Gasteiger charge is -2.33. The van der Waals surface area contributed by atoms with Crippen LogP contribution in [0.25, 0.3) is 0 Å². The minimum atomic E-state index is 0.319. The van der Waals surface area contributed by atoms with Crippen molar-refractivity contribution < 1.29 is 0 Å². The van der Waals surface area contributed by atoms with Gasteiger partial charge in [0.15, 0.2) is 0 Å². The number of nitrogens with zero attached hydrogens (tertiary/aromatic N) is 4. The summed E-state index contributed by atoms with van der Waals surface area (Å²) in [6.45, 7) is 5.50. The molecule has 4 rings (SSSR count). The number of rotatable bonds is 5. The number of imidazole rings is 1. The molecule has 4 heteroatoms. The largest absolute Gasteiger partial charge is 0.331 e. The van der Waals surface area contributed by atoms with Gasteiger partial charge in [0, 0.05) is 56.4 Å². The zero-order valence-electron chi connectivity index (χ0n) is 15.3. The minimum Gasteiger partial charge on any atom is -0.331 e. The molecule has 0 N–H and O–H groups in total. The second kappa shape index (κ2) is 7.83. The predicted molar refractivity (Wildman–Crippen MR) is 104 cm³/mol.